The van der Waals surface area contributed by atoms with E-state index in [0.717, 1.165) is 10.1 Å². The number of imidazole rings is 1. The number of likely N-dealkylation sites (N-methyl/N-ethyl adjacent to an activating group) is 1. The van der Waals surface area contributed by atoms with Crippen molar-refractivity contribution in [2.75, 3.05) is 7.05 Å². The zero-order valence-corrected chi connectivity index (χ0v) is 21.1. The second-order valence-corrected chi connectivity index (χ2v) is 11.2. The van der Waals surface area contributed by atoms with Gasteiger partial charge in [-0.05, 0) is 48.5 Å². The van der Waals surface area contributed by atoms with Gasteiger partial charge in [-0.1, -0.05) is 18.5 Å². The Hall–Kier alpha value is -2.57. The summed E-state index contributed by atoms with van der Waals surface area (Å²) in [7, 11) is -0.899. The van der Waals surface area contributed by atoms with Crippen LogP contribution < -0.4 is 10.2 Å². The molecule has 0 saturated heterocycles. The Morgan fingerprint density at radius 3 is 2.32 bits per heavy atom. The zero-order valence-electron chi connectivity index (χ0n) is 18.8. The van der Waals surface area contributed by atoms with Crippen LogP contribution in [0.2, 0.25) is 5.02 Å². The molecule has 3 aromatic rings. The number of halogens is 1. The van der Waals surface area contributed by atoms with E-state index in [0.29, 0.717) is 22.3 Å². The van der Waals surface area contributed by atoms with E-state index in [2.05, 4.69) is 4.98 Å². The van der Waals surface area contributed by atoms with Gasteiger partial charge >= 0.3 is 0 Å². The number of aromatic nitrogens is 2. The van der Waals surface area contributed by atoms with E-state index in [1.807, 2.05) is 11.6 Å². The molecule has 182 valence electrons. The number of hydroxylamine groups is 1. The van der Waals surface area contributed by atoms with Crippen LogP contribution in [0.4, 0.5) is 0 Å². The average molecular weight is 525 g/mol. The molecule has 12 heteroatoms. The van der Waals surface area contributed by atoms with Crippen molar-refractivity contribution in [3.63, 3.8) is 0 Å². The summed E-state index contributed by atoms with van der Waals surface area (Å²) in [5.41, 5.74) is 1.59. The summed E-state index contributed by atoms with van der Waals surface area (Å²) < 4.78 is 35.1. The first-order valence-electron chi connectivity index (χ1n) is 10.2. The van der Waals surface area contributed by atoms with Crippen molar-refractivity contribution < 1.29 is 23.2 Å². The van der Waals surface area contributed by atoms with Crippen LogP contribution >= 0.6 is 23.4 Å². The van der Waals surface area contributed by atoms with Gasteiger partial charge in [-0.3, -0.25) is 10.0 Å². The largest absolute Gasteiger partial charge is 0.457 e. The second kappa shape index (κ2) is 11.2. The molecule has 0 spiro atoms. The van der Waals surface area contributed by atoms with Gasteiger partial charge < -0.3 is 9.30 Å². The van der Waals surface area contributed by atoms with Gasteiger partial charge in [-0.15, -0.1) is 11.8 Å². The molecule has 0 saturated carbocycles. The summed E-state index contributed by atoms with van der Waals surface area (Å²) in [6, 6.07) is 11.4. The number of thioether (sulfide) groups is 1. The van der Waals surface area contributed by atoms with E-state index in [4.69, 9.17) is 16.3 Å². The number of nitrogens with zero attached hydrogens (tertiary/aromatic N) is 3. The van der Waals surface area contributed by atoms with Crippen molar-refractivity contribution in [2.45, 2.75) is 28.9 Å². The highest BCUT2D eigenvalue weighted by molar-refractivity contribution is 7.99. The Kier molecular flexibility index (Phi) is 8.61. The molecule has 0 radical (unpaired) electrons. The molecule has 3 rings (SSSR count). The van der Waals surface area contributed by atoms with Gasteiger partial charge in [-0.2, -0.15) is 4.31 Å². The van der Waals surface area contributed by atoms with Crippen LogP contribution in [0, 0.1) is 0 Å². The van der Waals surface area contributed by atoms with Crippen LogP contribution in [0.25, 0.3) is 0 Å². The smallest absolute Gasteiger partial charge is 0.262 e. The lowest BCUT2D eigenvalue weighted by atomic mass is 10.2. The Morgan fingerprint density at radius 2 is 1.79 bits per heavy atom. The third kappa shape index (κ3) is 6.10. The molecule has 2 N–H and O–H groups in total. The monoisotopic (exact) mass is 524 g/mol. The van der Waals surface area contributed by atoms with E-state index in [9.17, 15) is 18.4 Å². The number of carbonyl (C=O) groups excluding carboxylic acids is 1. The summed E-state index contributed by atoms with van der Waals surface area (Å²) >= 11 is 7.23. The number of hydrogen-bond acceptors (Lipinski definition) is 7. The quantitative estimate of drug-likeness (QED) is 0.307. The summed E-state index contributed by atoms with van der Waals surface area (Å²) in [6.45, 7) is 1.72. The number of sulfonamides is 1. The summed E-state index contributed by atoms with van der Waals surface area (Å²) in [6.07, 6.45) is 3.46. The van der Waals surface area contributed by atoms with E-state index in [-0.39, 0.29) is 4.90 Å². The molecule has 2 atom stereocenters. The minimum Gasteiger partial charge on any atom is -0.457 e. The maximum absolute atomic E-state index is 13.3. The first-order valence-corrected chi connectivity index (χ1v) is 13.0. The van der Waals surface area contributed by atoms with E-state index < -0.39 is 27.2 Å². The molecule has 9 nitrogen and oxygen atoms in total. The number of aryl methyl sites for hydroxylation is 1. The number of benzene rings is 2. The Balaban J connectivity index is 1.76. The standard InChI is InChI=1S/C22H25ClN4O5S2/c1-15(33-14-20-24-12-13-26(20)2)21(22(28)25-29)27(3)34(30,31)19-10-8-18(9-11-19)32-17-6-4-16(23)5-7-17/h4-13,15,21,29H,14H2,1-3H3,(H,25,28). The molecule has 1 amide bonds. The molecule has 0 bridgehead atoms. The Labute approximate surface area is 207 Å². The summed E-state index contributed by atoms with van der Waals surface area (Å²) in [5.74, 6) is 1.41. The molecular formula is C22H25ClN4O5S2. The van der Waals surface area contributed by atoms with Crippen molar-refractivity contribution in [3.05, 3.63) is 71.8 Å². The fraction of sp³-hybridized carbons (Fsp3) is 0.273. The van der Waals surface area contributed by atoms with Crippen LogP contribution in [0.1, 0.15) is 12.7 Å². The van der Waals surface area contributed by atoms with E-state index >= 15 is 0 Å². The molecule has 2 aromatic carbocycles. The second-order valence-electron chi connectivity index (χ2n) is 7.44. The molecular weight excluding hydrogens is 500 g/mol. The molecule has 2 unspecified atom stereocenters. The lowest BCUT2D eigenvalue weighted by molar-refractivity contribution is -0.132. The van der Waals surface area contributed by atoms with Crippen LogP contribution in [-0.4, -0.2) is 51.7 Å². The predicted molar refractivity (Wildman–Crippen MR) is 131 cm³/mol. The predicted octanol–water partition coefficient (Wildman–Crippen LogP) is 3.68. The van der Waals surface area contributed by atoms with Crippen molar-refractivity contribution in [3.8, 4) is 11.5 Å². The van der Waals surface area contributed by atoms with Gasteiger partial charge in [0.25, 0.3) is 5.91 Å². The maximum atomic E-state index is 13.3. The fourth-order valence-electron chi connectivity index (χ4n) is 3.21. The summed E-state index contributed by atoms with van der Waals surface area (Å²) in [4.78, 5) is 16.7. The SMILES string of the molecule is CC(SCc1nccn1C)C(C(=O)NO)N(C)S(=O)(=O)c1ccc(Oc2ccc(Cl)cc2)cc1. The molecule has 1 heterocycles. The van der Waals surface area contributed by atoms with Gasteiger partial charge in [0, 0.05) is 36.8 Å². The highest BCUT2D eigenvalue weighted by atomic mass is 35.5. The first-order chi connectivity index (χ1) is 16.1. The van der Waals surface area contributed by atoms with Gasteiger partial charge in [0.2, 0.25) is 10.0 Å². The minimum absolute atomic E-state index is 0.0181. The molecule has 0 fully saturated rings. The first kappa shape index (κ1) is 26.0. The minimum atomic E-state index is -4.06. The molecule has 34 heavy (non-hydrogen) atoms. The highest BCUT2D eigenvalue weighted by Crippen LogP contribution is 2.28. The Bertz CT molecular complexity index is 1220. The van der Waals surface area contributed by atoms with Crippen LogP contribution in [-0.2, 0) is 27.6 Å². The van der Waals surface area contributed by atoms with Crippen LogP contribution in [0.5, 0.6) is 11.5 Å². The summed E-state index contributed by atoms with van der Waals surface area (Å²) in [5, 5.41) is 9.34. The van der Waals surface area contributed by atoms with E-state index in [1.54, 1.807) is 49.1 Å². The number of nitrogens with one attached hydrogen (secondary N) is 1. The van der Waals surface area contributed by atoms with Crippen molar-refractivity contribution in [1.82, 2.24) is 19.3 Å². The highest BCUT2D eigenvalue weighted by Gasteiger charge is 2.37. The van der Waals surface area contributed by atoms with Crippen molar-refractivity contribution >= 4 is 39.3 Å². The number of hydrogen-bond donors (Lipinski definition) is 2. The molecule has 0 aliphatic carbocycles. The van der Waals surface area contributed by atoms with Gasteiger partial charge in [0.05, 0.1) is 10.6 Å². The van der Waals surface area contributed by atoms with Gasteiger partial charge in [0.1, 0.15) is 23.4 Å². The van der Waals surface area contributed by atoms with Crippen LogP contribution in [0.15, 0.2) is 65.8 Å². The lowest BCUT2D eigenvalue weighted by Crippen LogP contribution is -2.51. The normalized spacial score (nSPS) is 13.5. The average Bonchev–Trinajstić information content (AvgIpc) is 3.24. The maximum Gasteiger partial charge on any atom is 0.262 e. The third-order valence-corrected chi connectivity index (χ3v) is 8.48. The Morgan fingerprint density at radius 1 is 1.21 bits per heavy atom. The molecule has 0 aliphatic rings. The number of amides is 1. The van der Waals surface area contributed by atoms with Crippen molar-refractivity contribution in [2.24, 2.45) is 7.05 Å². The topological polar surface area (TPSA) is 114 Å². The molecule has 1 aromatic heterocycles. The lowest BCUT2D eigenvalue weighted by Gasteiger charge is -2.30. The molecule has 0 aliphatic heterocycles. The van der Waals surface area contributed by atoms with Crippen molar-refractivity contribution in [1.29, 1.82) is 0 Å². The zero-order chi connectivity index (χ0) is 24.9. The number of rotatable bonds is 10. The van der Waals surface area contributed by atoms with E-state index in [1.165, 1.54) is 43.1 Å². The number of ether oxygens (including phenoxy) is 1. The van der Waals surface area contributed by atoms with Gasteiger partial charge in [0.15, 0.2) is 0 Å². The van der Waals surface area contributed by atoms with Gasteiger partial charge in [-0.25, -0.2) is 18.9 Å². The van der Waals surface area contributed by atoms with Crippen LogP contribution in [0.3, 0.4) is 0 Å². The fourth-order valence-corrected chi connectivity index (χ4v) is 5.98. The third-order valence-electron chi connectivity index (χ3n) is 5.16. The number of carbonyl (C=O) groups is 1.